The molecule has 0 saturated carbocycles. The fraction of sp³-hybridized carbons (Fsp3) is 0.263. The van der Waals surface area contributed by atoms with Crippen molar-refractivity contribution in [2.45, 2.75) is 11.7 Å². The highest BCUT2D eigenvalue weighted by molar-refractivity contribution is 7.99. The Kier molecular flexibility index (Phi) is 5.76. The minimum atomic E-state index is -3.37. The lowest BCUT2D eigenvalue weighted by Gasteiger charge is -2.17. The standard InChI is InChI=1S/C19H21NO2S2/c21-24(22,16-12-17-7-3-1-4-8-17)20-13-11-19(23-15-14-20)18-9-5-2-6-10-18/h1-10,12,16,19H,11,13-15H2/b16-12+. The van der Waals surface area contributed by atoms with Crippen molar-refractivity contribution in [2.75, 3.05) is 18.8 Å². The lowest BCUT2D eigenvalue weighted by Crippen LogP contribution is -2.31. The smallest absolute Gasteiger partial charge is 0.208 e. The summed E-state index contributed by atoms with van der Waals surface area (Å²) in [5.74, 6) is 0.817. The molecule has 126 valence electrons. The van der Waals surface area contributed by atoms with Crippen molar-refractivity contribution >= 4 is 27.9 Å². The number of benzene rings is 2. The number of hydrogen-bond donors (Lipinski definition) is 0. The molecule has 1 unspecified atom stereocenters. The number of sulfonamides is 1. The number of nitrogens with zero attached hydrogens (tertiary/aromatic N) is 1. The Morgan fingerprint density at radius 3 is 2.33 bits per heavy atom. The average molecular weight is 360 g/mol. The third-order valence-corrected chi connectivity index (χ3v) is 6.96. The van der Waals surface area contributed by atoms with Crippen LogP contribution in [0.4, 0.5) is 0 Å². The van der Waals surface area contributed by atoms with E-state index in [4.69, 9.17) is 0 Å². The largest absolute Gasteiger partial charge is 0.236 e. The fourth-order valence-corrected chi connectivity index (χ4v) is 5.31. The summed E-state index contributed by atoms with van der Waals surface area (Å²) < 4.78 is 26.8. The van der Waals surface area contributed by atoms with Gasteiger partial charge in [0.15, 0.2) is 0 Å². The van der Waals surface area contributed by atoms with Crippen LogP contribution in [0.25, 0.3) is 6.08 Å². The molecule has 2 aromatic rings. The van der Waals surface area contributed by atoms with E-state index in [-0.39, 0.29) is 0 Å². The molecule has 1 aliphatic rings. The molecule has 0 aromatic heterocycles. The summed E-state index contributed by atoms with van der Waals surface area (Å²) >= 11 is 1.84. The van der Waals surface area contributed by atoms with Crippen molar-refractivity contribution in [1.29, 1.82) is 0 Å². The molecule has 0 spiro atoms. The zero-order valence-electron chi connectivity index (χ0n) is 13.4. The molecular formula is C19H21NO2S2. The Bertz CT molecular complexity index is 774. The van der Waals surface area contributed by atoms with E-state index in [1.54, 1.807) is 10.4 Å². The summed E-state index contributed by atoms with van der Waals surface area (Å²) in [6.45, 7) is 1.13. The van der Waals surface area contributed by atoms with Gasteiger partial charge >= 0.3 is 0 Å². The van der Waals surface area contributed by atoms with Crippen LogP contribution in [0.2, 0.25) is 0 Å². The molecule has 3 rings (SSSR count). The van der Waals surface area contributed by atoms with Crippen LogP contribution in [-0.2, 0) is 10.0 Å². The molecule has 5 heteroatoms. The van der Waals surface area contributed by atoms with E-state index >= 15 is 0 Å². The number of hydrogen-bond acceptors (Lipinski definition) is 3. The van der Waals surface area contributed by atoms with Crippen LogP contribution in [0, 0.1) is 0 Å². The van der Waals surface area contributed by atoms with Crippen molar-refractivity contribution in [3.8, 4) is 0 Å². The van der Waals surface area contributed by atoms with Gasteiger partial charge in [-0.2, -0.15) is 16.1 Å². The highest BCUT2D eigenvalue weighted by Crippen LogP contribution is 2.34. The molecular weight excluding hydrogens is 338 g/mol. The summed E-state index contributed by atoms with van der Waals surface area (Å²) in [5, 5.41) is 1.69. The lowest BCUT2D eigenvalue weighted by atomic mass is 10.1. The van der Waals surface area contributed by atoms with E-state index in [1.165, 1.54) is 11.0 Å². The van der Waals surface area contributed by atoms with Crippen LogP contribution in [0.1, 0.15) is 22.8 Å². The summed E-state index contributed by atoms with van der Waals surface area (Å²) in [4.78, 5) is 0. The van der Waals surface area contributed by atoms with E-state index in [1.807, 2.05) is 60.3 Å². The maximum Gasteiger partial charge on any atom is 0.236 e. The summed E-state index contributed by atoms with van der Waals surface area (Å²) in [5.41, 5.74) is 2.18. The molecule has 0 amide bonds. The quantitative estimate of drug-likeness (QED) is 0.822. The van der Waals surface area contributed by atoms with Crippen molar-refractivity contribution < 1.29 is 8.42 Å². The second kappa shape index (κ2) is 8.01. The van der Waals surface area contributed by atoms with Gasteiger partial charge in [0.05, 0.1) is 0 Å². The molecule has 0 radical (unpaired) electrons. The van der Waals surface area contributed by atoms with Gasteiger partial charge < -0.3 is 0 Å². The Morgan fingerprint density at radius 2 is 1.62 bits per heavy atom. The van der Waals surface area contributed by atoms with Gasteiger partial charge in [0.25, 0.3) is 0 Å². The fourth-order valence-electron chi connectivity index (χ4n) is 2.75. The van der Waals surface area contributed by atoms with Gasteiger partial charge in [-0.1, -0.05) is 60.7 Å². The SMILES string of the molecule is O=S(=O)(/C=C/c1ccccc1)N1CCSC(c2ccccc2)CC1. The van der Waals surface area contributed by atoms with Crippen molar-refractivity contribution in [1.82, 2.24) is 4.31 Å². The van der Waals surface area contributed by atoms with E-state index < -0.39 is 10.0 Å². The molecule has 1 atom stereocenters. The predicted molar refractivity (Wildman–Crippen MR) is 102 cm³/mol. The van der Waals surface area contributed by atoms with E-state index in [2.05, 4.69) is 12.1 Å². The van der Waals surface area contributed by atoms with Crippen molar-refractivity contribution in [2.24, 2.45) is 0 Å². The molecule has 1 saturated heterocycles. The molecule has 24 heavy (non-hydrogen) atoms. The highest BCUT2D eigenvalue weighted by Gasteiger charge is 2.25. The van der Waals surface area contributed by atoms with Gasteiger partial charge in [0, 0.05) is 29.5 Å². The van der Waals surface area contributed by atoms with Gasteiger partial charge in [-0.05, 0) is 23.6 Å². The van der Waals surface area contributed by atoms with Crippen LogP contribution in [0.15, 0.2) is 66.1 Å². The van der Waals surface area contributed by atoms with Crippen LogP contribution < -0.4 is 0 Å². The third-order valence-electron chi connectivity index (χ3n) is 4.06. The predicted octanol–water partition coefficient (Wildman–Crippen LogP) is 4.17. The van der Waals surface area contributed by atoms with E-state index in [0.29, 0.717) is 18.3 Å². The maximum atomic E-state index is 12.6. The van der Waals surface area contributed by atoms with Crippen LogP contribution in [-0.4, -0.2) is 31.6 Å². The first-order valence-electron chi connectivity index (χ1n) is 8.05. The molecule has 0 bridgehead atoms. The topological polar surface area (TPSA) is 37.4 Å². The first kappa shape index (κ1) is 17.3. The number of rotatable bonds is 4. The van der Waals surface area contributed by atoms with Crippen LogP contribution >= 0.6 is 11.8 Å². The zero-order chi connectivity index (χ0) is 16.8. The van der Waals surface area contributed by atoms with Gasteiger partial charge in [0.1, 0.15) is 0 Å². The van der Waals surface area contributed by atoms with Crippen LogP contribution in [0.5, 0.6) is 0 Å². The first-order valence-corrected chi connectivity index (χ1v) is 10.6. The molecule has 0 aliphatic carbocycles. The monoisotopic (exact) mass is 359 g/mol. The Labute approximate surface area is 148 Å². The van der Waals surface area contributed by atoms with Gasteiger partial charge in [-0.25, -0.2) is 8.42 Å². The summed E-state index contributed by atoms with van der Waals surface area (Å²) in [6.07, 6.45) is 2.51. The second-order valence-electron chi connectivity index (χ2n) is 5.72. The zero-order valence-corrected chi connectivity index (χ0v) is 15.0. The molecule has 3 nitrogen and oxygen atoms in total. The Morgan fingerprint density at radius 1 is 0.958 bits per heavy atom. The normalized spacial score (nSPS) is 20.1. The molecule has 0 N–H and O–H groups in total. The van der Waals surface area contributed by atoms with Gasteiger partial charge in [0.2, 0.25) is 10.0 Å². The second-order valence-corrected chi connectivity index (χ2v) is 8.85. The van der Waals surface area contributed by atoms with Crippen molar-refractivity contribution in [3.05, 3.63) is 77.2 Å². The minimum Gasteiger partial charge on any atom is -0.208 e. The van der Waals surface area contributed by atoms with E-state index in [9.17, 15) is 8.42 Å². The molecule has 2 aromatic carbocycles. The summed E-state index contributed by atoms with van der Waals surface area (Å²) in [6, 6.07) is 19.9. The van der Waals surface area contributed by atoms with Gasteiger partial charge in [-0.15, -0.1) is 0 Å². The Hall–Kier alpha value is -1.56. The molecule has 1 aliphatic heterocycles. The molecule has 1 fully saturated rings. The Balaban J connectivity index is 1.68. The van der Waals surface area contributed by atoms with Crippen LogP contribution in [0.3, 0.4) is 0 Å². The average Bonchev–Trinajstić information content (AvgIpc) is 2.89. The number of thioether (sulfide) groups is 1. The summed E-state index contributed by atoms with van der Waals surface area (Å²) in [7, 11) is -3.37. The van der Waals surface area contributed by atoms with E-state index in [0.717, 1.165) is 17.7 Å². The third kappa shape index (κ3) is 4.50. The lowest BCUT2D eigenvalue weighted by molar-refractivity contribution is 0.435. The van der Waals surface area contributed by atoms with Gasteiger partial charge in [-0.3, -0.25) is 0 Å². The highest BCUT2D eigenvalue weighted by atomic mass is 32.2. The minimum absolute atomic E-state index is 0.365. The van der Waals surface area contributed by atoms with Crippen molar-refractivity contribution in [3.63, 3.8) is 0 Å². The molecule has 1 heterocycles. The maximum absolute atomic E-state index is 12.6. The first-order chi connectivity index (χ1) is 11.6.